The maximum absolute atomic E-state index is 12.7. The van der Waals surface area contributed by atoms with Crippen LogP contribution in [-0.4, -0.2) is 37.2 Å². The van der Waals surface area contributed by atoms with Crippen LogP contribution >= 0.6 is 0 Å². The molecule has 0 saturated heterocycles. The molecule has 0 aromatic rings. The molecule has 0 aromatic carbocycles. The Hall–Kier alpha value is -2.63. The number of unbranched alkanes of at least 4 members (excludes halogenated alkanes) is 26. The Kier molecular flexibility index (Phi) is 45.9. The molecule has 59 heavy (non-hydrogen) atoms. The van der Waals surface area contributed by atoms with Gasteiger partial charge in [-0.05, 0) is 57.8 Å². The van der Waals surface area contributed by atoms with Gasteiger partial charge in [0.05, 0.1) is 0 Å². The van der Waals surface area contributed by atoms with E-state index >= 15 is 0 Å². The maximum Gasteiger partial charge on any atom is 0.306 e. The first-order valence-electron chi connectivity index (χ1n) is 25.1. The van der Waals surface area contributed by atoms with E-state index in [-0.39, 0.29) is 31.1 Å². The van der Waals surface area contributed by atoms with Gasteiger partial charge in [-0.3, -0.25) is 14.4 Å². The Morgan fingerprint density at radius 1 is 0.356 bits per heavy atom. The molecule has 0 aromatic heterocycles. The zero-order chi connectivity index (χ0) is 43.0. The number of carbonyl (C=O) groups is 3. The molecule has 6 nitrogen and oxygen atoms in total. The van der Waals surface area contributed by atoms with Crippen molar-refractivity contribution in [1.29, 1.82) is 0 Å². The van der Waals surface area contributed by atoms with Crippen molar-refractivity contribution in [3.8, 4) is 0 Å². The van der Waals surface area contributed by atoms with Gasteiger partial charge in [0.25, 0.3) is 0 Å². The van der Waals surface area contributed by atoms with Crippen molar-refractivity contribution < 1.29 is 28.6 Å². The monoisotopic (exact) mass is 827 g/mol. The molecule has 0 rings (SSSR count). The van der Waals surface area contributed by atoms with Crippen molar-refractivity contribution in [2.75, 3.05) is 13.2 Å². The third-order valence-electron chi connectivity index (χ3n) is 10.8. The van der Waals surface area contributed by atoms with Crippen LogP contribution < -0.4 is 0 Å². The van der Waals surface area contributed by atoms with Gasteiger partial charge in [0, 0.05) is 19.3 Å². The average molecular weight is 827 g/mol. The smallest absolute Gasteiger partial charge is 0.306 e. The van der Waals surface area contributed by atoms with Crippen LogP contribution in [0.2, 0.25) is 0 Å². The van der Waals surface area contributed by atoms with Crippen molar-refractivity contribution in [1.82, 2.24) is 0 Å². The summed E-state index contributed by atoms with van der Waals surface area (Å²) in [6.45, 7) is 6.45. The minimum atomic E-state index is -0.769. The van der Waals surface area contributed by atoms with Crippen molar-refractivity contribution >= 4 is 17.9 Å². The highest BCUT2D eigenvalue weighted by atomic mass is 16.6. The number of allylic oxidation sites excluding steroid dienone is 8. The van der Waals surface area contributed by atoms with Crippen molar-refractivity contribution in [2.45, 2.75) is 258 Å². The van der Waals surface area contributed by atoms with E-state index in [0.29, 0.717) is 19.3 Å². The highest BCUT2D eigenvalue weighted by molar-refractivity contribution is 5.71. The van der Waals surface area contributed by atoms with Crippen LogP contribution in [0.15, 0.2) is 48.6 Å². The Morgan fingerprint density at radius 2 is 0.661 bits per heavy atom. The first-order chi connectivity index (χ1) is 29.0. The Morgan fingerprint density at radius 3 is 1.03 bits per heavy atom. The second-order valence-electron chi connectivity index (χ2n) is 16.7. The van der Waals surface area contributed by atoms with E-state index in [1.165, 1.54) is 116 Å². The van der Waals surface area contributed by atoms with Gasteiger partial charge in [0.2, 0.25) is 0 Å². The lowest BCUT2D eigenvalue weighted by Gasteiger charge is -2.18. The van der Waals surface area contributed by atoms with E-state index in [4.69, 9.17) is 14.2 Å². The van der Waals surface area contributed by atoms with Gasteiger partial charge in [-0.25, -0.2) is 0 Å². The highest BCUT2D eigenvalue weighted by Crippen LogP contribution is 2.15. The van der Waals surface area contributed by atoms with Crippen LogP contribution in [-0.2, 0) is 28.6 Å². The second kappa shape index (κ2) is 48.0. The summed E-state index contributed by atoms with van der Waals surface area (Å²) < 4.78 is 16.7. The van der Waals surface area contributed by atoms with Gasteiger partial charge < -0.3 is 14.2 Å². The fourth-order valence-electron chi connectivity index (χ4n) is 7.08. The Labute approximate surface area is 365 Å². The topological polar surface area (TPSA) is 78.9 Å². The second-order valence-corrected chi connectivity index (χ2v) is 16.7. The quantitative estimate of drug-likeness (QED) is 0.0263. The fourth-order valence-corrected chi connectivity index (χ4v) is 7.08. The summed E-state index contributed by atoms with van der Waals surface area (Å²) in [5.74, 6) is -0.889. The molecule has 0 saturated carbocycles. The summed E-state index contributed by atoms with van der Waals surface area (Å²) in [7, 11) is 0. The van der Waals surface area contributed by atoms with E-state index in [0.717, 1.165) is 96.3 Å². The molecule has 0 aliphatic carbocycles. The van der Waals surface area contributed by atoms with Crippen LogP contribution in [0, 0.1) is 0 Å². The maximum atomic E-state index is 12.7. The van der Waals surface area contributed by atoms with Gasteiger partial charge in [0.1, 0.15) is 13.2 Å². The SMILES string of the molecule is CC/C=C\C/C=C\C/C=C\C/C=C\CCCCCCCCCCC(=O)OCC(COC(=O)CCCCCCC)OC(=O)CCCCCCCCCCCCCCCCC. The van der Waals surface area contributed by atoms with Gasteiger partial charge in [-0.1, -0.05) is 223 Å². The molecule has 0 N–H and O–H groups in total. The summed E-state index contributed by atoms with van der Waals surface area (Å²) >= 11 is 0. The van der Waals surface area contributed by atoms with E-state index < -0.39 is 6.10 Å². The lowest BCUT2D eigenvalue weighted by molar-refractivity contribution is -0.167. The number of rotatable bonds is 45. The molecular formula is C53H94O6. The van der Waals surface area contributed by atoms with E-state index in [2.05, 4.69) is 69.4 Å². The average Bonchev–Trinajstić information content (AvgIpc) is 3.23. The molecule has 342 valence electrons. The molecule has 0 fully saturated rings. The van der Waals surface area contributed by atoms with Gasteiger partial charge in [0.15, 0.2) is 6.10 Å². The van der Waals surface area contributed by atoms with E-state index in [1.807, 2.05) is 0 Å². The number of ether oxygens (including phenoxy) is 3. The predicted molar refractivity (Wildman–Crippen MR) is 252 cm³/mol. The first kappa shape index (κ1) is 56.4. The number of carbonyl (C=O) groups excluding carboxylic acids is 3. The summed E-state index contributed by atoms with van der Waals surface area (Å²) in [6.07, 6.45) is 57.0. The molecule has 0 aliphatic rings. The minimum Gasteiger partial charge on any atom is -0.462 e. The van der Waals surface area contributed by atoms with Crippen LogP contribution in [0.1, 0.15) is 252 Å². The zero-order valence-electron chi connectivity index (χ0n) is 39.0. The third-order valence-corrected chi connectivity index (χ3v) is 10.8. The molecule has 0 amide bonds. The minimum absolute atomic E-state index is 0.0743. The molecule has 0 heterocycles. The normalized spacial score (nSPS) is 12.4. The first-order valence-corrected chi connectivity index (χ1v) is 25.1. The van der Waals surface area contributed by atoms with E-state index in [9.17, 15) is 14.4 Å². The predicted octanol–water partition coefficient (Wildman–Crippen LogP) is 16.3. The molecule has 0 aliphatic heterocycles. The lowest BCUT2D eigenvalue weighted by atomic mass is 10.0. The van der Waals surface area contributed by atoms with Crippen molar-refractivity contribution in [3.05, 3.63) is 48.6 Å². The summed E-state index contributed by atoms with van der Waals surface area (Å²) in [4.78, 5) is 37.6. The van der Waals surface area contributed by atoms with Gasteiger partial charge in [-0.15, -0.1) is 0 Å². The number of hydrogen-bond acceptors (Lipinski definition) is 6. The largest absolute Gasteiger partial charge is 0.462 e. The lowest BCUT2D eigenvalue weighted by Crippen LogP contribution is -2.30. The fraction of sp³-hybridized carbons (Fsp3) is 0.792. The molecule has 0 bridgehead atoms. The van der Waals surface area contributed by atoms with Crippen molar-refractivity contribution in [3.63, 3.8) is 0 Å². The van der Waals surface area contributed by atoms with Gasteiger partial charge >= 0.3 is 17.9 Å². The van der Waals surface area contributed by atoms with Crippen molar-refractivity contribution in [2.24, 2.45) is 0 Å². The summed E-state index contributed by atoms with van der Waals surface area (Å²) in [6, 6.07) is 0. The Balaban J connectivity index is 4.15. The summed E-state index contributed by atoms with van der Waals surface area (Å²) in [5, 5.41) is 0. The van der Waals surface area contributed by atoms with Crippen LogP contribution in [0.3, 0.4) is 0 Å². The van der Waals surface area contributed by atoms with Crippen LogP contribution in [0.4, 0.5) is 0 Å². The Bertz CT molecular complexity index is 1040. The van der Waals surface area contributed by atoms with E-state index in [1.54, 1.807) is 0 Å². The number of esters is 3. The molecule has 0 spiro atoms. The van der Waals surface area contributed by atoms with Crippen LogP contribution in [0.25, 0.3) is 0 Å². The molecule has 1 atom stereocenters. The standard InChI is InChI=1S/C53H94O6/c1-4-7-10-13-15-17-19-21-23-24-25-26-27-28-30-31-33-35-37-40-43-46-52(55)58-49-50(48-57-51(54)45-42-39-12-9-6-3)59-53(56)47-44-41-38-36-34-32-29-22-20-18-16-14-11-8-5-2/h7,10,15,17,21,23,25-26,50H,4-6,8-9,11-14,16,18-20,22,24,27-49H2,1-3H3/b10-7-,17-15-,23-21-,26-25-. The zero-order valence-corrected chi connectivity index (χ0v) is 39.0. The molecule has 1 unspecified atom stereocenters. The van der Waals surface area contributed by atoms with Gasteiger partial charge in [-0.2, -0.15) is 0 Å². The molecular weight excluding hydrogens is 733 g/mol. The molecule has 0 radical (unpaired) electrons. The number of hydrogen-bond donors (Lipinski definition) is 0. The summed E-state index contributed by atoms with van der Waals surface area (Å²) in [5.41, 5.74) is 0. The highest BCUT2D eigenvalue weighted by Gasteiger charge is 2.19. The van der Waals surface area contributed by atoms with Crippen LogP contribution in [0.5, 0.6) is 0 Å². The third kappa shape index (κ3) is 46.3. The molecule has 6 heteroatoms.